The number of carbonyl (C=O) groups excluding carboxylic acids is 2. The van der Waals surface area contributed by atoms with Crippen LogP contribution < -0.4 is 15.0 Å². The van der Waals surface area contributed by atoms with E-state index in [0.717, 1.165) is 16.9 Å². The Morgan fingerprint density at radius 2 is 1.87 bits per heavy atom. The van der Waals surface area contributed by atoms with E-state index in [-0.39, 0.29) is 11.6 Å². The summed E-state index contributed by atoms with van der Waals surface area (Å²) in [5.41, 5.74) is 2.53. The van der Waals surface area contributed by atoms with Crippen molar-refractivity contribution in [3.8, 4) is 5.75 Å². The molecule has 0 bridgehead atoms. The Kier molecular flexibility index (Phi) is 6.11. The highest BCUT2D eigenvalue weighted by molar-refractivity contribution is 7.11. The van der Waals surface area contributed by atoms with E-state index in [4.69, 9.17) is 16.3 Å². The molecule has 0 unspecified atom stereocenters. The largest absolute Gasteiger partial charge is 0.494 e. The fraction of sp³-hybridized carbons (Fsp3) is 0.167. The van der Waals surface area contributed by atoms with Gasteiger partial charge in [0.05, 0.1) is 17.9 Å². The van der Waals surface area contributed by atoms with Crippen molar-refractivity contribution < 1.29 is 14.3 Å². The Hall–Kier alpha value is -3.09. The van der Waals surface area contributed by atoms with Crippen molar-refractivity contribution in [3.63, 3.8) is 0 Å². The number of halogens is 1. The summed E-state index contributed by atoms with van der Waals surface area (Å²) in [5.74, 6) is -0.174. The molecule has 1 aliphatic rings. The Morgan fingerprint density at radius 3 is 2.61 bits per heavy atom. The van der Waals surface area contributed by atoms with Crippen molar-refractivity contribution in [2.45, 2.75) is 20.3 Å². The lowest BCUT2D eigenvalue weighted by molar-refractivity contribution is -0.120. The van der Waals surface area contributed by atoms with Crippen molar-refractivity contribution >= 4 is 51.7 Å². The van der Waals surface area contributed by atoms with Gasteiger partial charge < -0.3 is 10.1 Å². The van der Waals surface area contributed by atoms with E-state index in [2.05, 4.69) is 5.32 Å². The standard InChI is InChI=1S/C24H21ClN2O3S/c1-3-12-30-17-8-4-7-16(14-17)27-23(28)21(20-11-6-13-31-20)22(24(27)29)26-19-10-5-9-18(25)15(19)2/h4-11,13-14,26H,3,12H2,1-2H3. The number of nitrogens with one attached hydrogen (secondary N) is 1. The molecule has 0 saturated heterocycles. The van der Waals surface area contributed by atoms with Gasteiger partial charge in [-0.1, -0.05) is 36.7 Å². The second kappa shape index (κ2) is 8.96. The van der Waals surface area contributed by atoms with Gasteiger partial charge in [0.1, 0.15) is 11.4 Å². The van der Waals surface area contributed by atoms with Gasteiger partial charge in [-0.3, -0.25) is 9.59 Å². The van der Waals surface area contributed by atoms with Gasteiger partial charge in [0, 0.05) is 21.7 Å². The molecule has 31 heavy (non-hydrogen) atoms. The molecule has 5 nitrogen and oxygen atoms in total. The van der Waals surface area contributed by atoms with Crippen LogP contribution in [0.3, 0.4) is 0 Å². The molecule has 0 saturated carbocycles. The lowest BCUT2D eigenvalue weighted by Crippen LogP contribution is -2.32. The number of hydrogen-bond acceptors (Lipinski definition) is 5. The lowest BCUT2D eigenvalue weighted by Gasteiger charge is -2.17. The number of ether oxygens (including phenoxy) is 1. The number of anilines is 2. The van der Waals surface area contributed by atoms with Gasteiger partial charge in [-0.15, -0.1) is 11.3 Å². The third-order valence-electron chi connectivity index (χ3n) is 4.93. The molecule has 4 rings (SSSR count). The fourth-order valence-corrected chi connectivity index (χ4v) is 4.28. The molecule has 158 valence electrons. The van der Waals surface area contributed by atoms with E-state index in [1.807, 2.05) is 43.5 Å². The minimum absolute atomic E-state index is 0.234. The van der Waals surface area contributed by atoms with Crippen LogP contribution in [0.2, 0.25) is 5.02 Å². The van der Waals surface area contributed by atoms with Gasteiger partial charge >= 0.3 is 0 Å². The zero-order valence-electron chi connectivity index (χ0n) is 17.1. The molecule has 1 aromatic heterocycles. The molecule has 1 N–H and O–H groups in total. The number of thiophene rings is 1. The minimum Gasteiger partial charge on any atom is -0.494 e. The smallest absolute Gasteiger partial charge is 0.282 e. The number of rotatable bonds is 7. The van der Waals surface area contributed by atoms with Gasteiger partial charge in [-0.25, -0.2) is 4.90 Å². The van der Waals surface area contributed by atoms with E-state index in [9.17, 15) is 9.59 Å². The zero-order chi connectivity index (χ0) is 22.0. The molecular weight excluding hydrogens is 432 g/mol. The maximum absolute atomic E-state index is 13.5. The van der Waals surface area contributed by atoms with Gasteiger partial charge in [-0.2, -0.15) is 0 Å². The van der Waals surface area contributed by atoms with Crippen LogP contribution in [0.4, 0.5) is 11.4 Å². The molecule has 7 heteroatoms. The van der Waals surface area contributed by atoms with Crippen LogP contribution in [0, 0.1) is 6.92 Å². The molecule has 3 aromatic rings. The number of carbonyl (C=O) groups is 2. The molecular formula is C24H21ClN2O3S. The van der Waals surface area contributed by atoms with Crippen LogP contribution in [0.25, 0.3) is 5.57 Å². The summed E-state index contributed by atoms with van der Waals surface area (Å²) in [6.45, 7) is 4.44. The number of nitrogens with zero attached hydrogens (tertiary/aromatic N) is 1. The first-order valence-corrected chi connectivity index (χ1v) is 11.2. The van der Waals surface area contributed by atoms with Crippen molar-refractivity contribution in [3.05, 3.63) is 81.1 Å². The summed E-state index contributed by atoms with van der Waals surface area (Å²) in [6.07, 6.45) is 0.864. The Labute approximate surface area is 189 Å². The van der Waals surface area contributed by atoms with Gasteiger partial charge in [0.2, 0.25) is 0 Å². The van der Waals surface area contributed by atoms with Crippen LogP contribution in [0.5, 0.6) is 5.75 Å². The second-order valence-electron chi connectivity index (χ2n) is 7.06. The molecule has 0 aliphatic carbocycles. The Morgan fingerprint density at radius 1 is 1.06 bits per heavy atom. The number of amides is 2. The first-order chi connectivity index (χ1) is 15.0. The van der Waals surface area contributed by atoms with E-state index >= 15 is 0 Å². The number of imide groups is 1. The highest BCUT2D eigenvalue weighted by atomic mass is 35.5. The normalized spacial score (nSPS) is 13.8. The van der Waals surface area contributed by atoms with E-state index < -0.39 is 5.91 Å². The fourth-order valence-electron chi connectivity index (χ4n) is 3.34. The summed E-state index contributed by atoms with van der Waals surface area (Å²) in [5, 5.41) is 5.64. The van der Waals surface area contributed by atoms with E-state index in [1.165, 1.54) is 16.2 Å². The maximum atomic E-state index is 13.5. The van der Waals surface area contributed by atoms with Crippen LogP contribution in [-0.2, 0) is 9.59 Å². The zero-order valence-corrected chi connectivity index (χ0v) is 18.7. The summed E-state index contributed by atoms with van der Waals surface area (Å²) < 4.78 is 5.69. The third kappa shape index (κ3) is 4.09. The summed E-state index contributed by atoms with van der Waals surface area (Å²) in [6, 6.07) is 16.1. The average molecular weight is 453 g/mol. The predicted molar refractivity (Wildman–Crippen MR) is 126 cm³/mol. The summed E-state index contributed by atoms with van der Waals surface area (Å²) in [4.78, 5) is 28.8. The third-order valence-corrected chi connectivity index (χ3v) is 6.22. The van der Waals surface area contributed by atoms with Crippen molar-refractivity contribution in [1.29, 1.82) is 0 Å². The van der Waals surface area contributed by atoms with Crippen molar-refractivity contribution in [2.75, 3.05) is 16.8 Å². The highest BCUT2D eigenvalue weighted by Gasteiger charge is 2.41. The molecule has 0 atom stereocenters. The SMILES string of the molecule is CCCOc1cccc(N2C(=O)C(Nc3cccc(Cl)c3C)=C(c3cccs3)C2=O)c1. The van der Waals surface area contributed by atoms with Gasteiger partial charge in [0.25, 0.3) is 11.8 Å². The van der Waals surface area contributed by atoms with Crippen LogP contribution in [-0.4, -0.2) is 18.4 Å². The first-order valence-electron chi connectivity index (χ1n) is 9.93. The summed E-state index contributed by atoms with van der Waals surface area (Å²) >= 11 is 7.66. The van der Waals surface area contributed by atoms with Crippen LogP contribution in [0.15, 0.2) is 65.7 Å². The highest BCUT2D eigenvalue weighted by Crippen LogP contribution is 2.37. The molecule has 0 radical (unpaired) electrons. The van der Waals surface area contributed by atoms with Crippen molar-refractivity contribution in [1.82, 2.24) is 0 Å². The van der Waals surface area contributed by atoms with Crippen LogP contribution >= 0.6 is 22.9 Å². The topological polar surface area (TPSA) is 58.6 Å². The predicted octanol–water partition coefficient (Wildman–Crippen LogP) is 5.90. The Bertz CT molecular complexity index is 1170. The summed E-state index contributed by atoms with van der Waals surface area (Å²) in [7, 11) is 0. The first kappa shape index (κ1) is 21.2. The lowest BCUT2D eigenvalue weighted by atomic mass is 10.1. The monoisotopic (exact) mass is 452 g/mol. The van der Waals surface area contributed by atoms with Crippen LogP contribution in [0.1, 0.15) is 23.8 Å². The molecule has 2 aromatic carbocycles. The van der Waals surface area contributed by atoms with Crippen molar-refractivity contribution in [2.24, 2.45) is 0 Å². The molecule has 2 amide bonds. The van der Waals surface area contributed by atoms with Gasteiger partial charge in [0.15, 0.2) is 0 Å². The Balaban J connectivity index is 1.76. The average Bonchev–Trinajstić information content (AvgIpc) is 3.37. The molecule has 0 fully saturated rings. The minimum atomic E-state index is -0.416. The van der Waals surface area contributed by atoms with Gasteiger partial charge in [-0.05, 0) is 54.6 Å². The number of benzene rings is 2. The number of hydrogen-bond donors (Lipinski definition) is 1. The van der Waals surface area contributed by atoms with E-state index in [0.29, 0.717) is 34.3 Å². The molecule has 1 aliphatic heterocycles. The maximum Gasteiger partial charge on any atom is 0.282 e. The molecule has 2 heterocycles. The second-order valence-corrected chi connectivity index (χ2v) is 8.41. The van der Waals surface area contributed by atoms with E-state index in [1.54, 1.807) is 30.3 Å². The molecule has 0 spiro atoms. The quantitative estimate of drug-likeness (QED) is 0.454.